The third-order valence-corrected chi connectivity index (χ3v) is 4.38. The van der Waals surface area contributed by atoms with Gasteiger partial charge in [-0.15, -0.1) is 0 Å². The van der Waals surface area contributed by atoms with Crippen LogP contribution in [-0.4, -0.2) is 47.3 Å². The number of amides is 2. The van der Waals surface area contributed by atoms with Gasteiger partial charge in [0.25, 0.3) is 0 Å². The molecule has 0 aromatic heterocycles. The van der Waals surface area contributed by atoms with E-state index in [1.807, 2.05) is 13.8 Å². The summed E-state index contributed by atoms with van der Waals surface area (Å²) in [6.07, 6.45) is 2.85. The number of carbonyl (C=O) groups excluding carboxylic acids is 2. The maximum absolute atomic E-state index is 12.4. The van der Waals surface area contributed by atoms with Crippen molar-refractivity contribution in [3.8, 4) is 6.07 Å². The molecule has 19 heavy (non-hydrogen) atoms. The predicted molar refractivity (Wildman–Crippen MR) is 69.9 cm³/mol. The highest BCUT2D eigenvalue weighted by atomic mass is 16.2. The zero-order chi connectivity index (χ0) is 14.0. The highest BCUT2D eigenvalue weighted by Gasteiger charge is 2.36. The molecule has 5 nitrogen and oxygen atoms in total. The van der Waals surface area contributed by atoms with Crippen LogP contribution < -0.4 is 0 Å². The van der Waals surface area contributed by atoms with Crippen LogP contribution in [0.4, 0.5) is 0 Å². The van der Waals surface area contributed by atoms with E-state index in [2.05, 4.69) is 6.07 Å². The molecule has 0 N–H and O–H groups in total. The molecule has 0 aliphatic carbocycles. The standard InChI is InChI=1S/C14H21N3O2/c1-11(17-7-3-4-12(17)18)13(19)16-8-5-14(2,10-15)6-9-16/h11H,3-9H2,1-2H3/t11-/m1/s1. The molecule has 2 amide bonds. The quantitative estimate of drug-likeness (QED) is 0.750. The Hall–Kier alpha value is -1.57. The van der Waals surface area contributed by atoms with Crippen molar-refractivity contribution in [2.45, 2.75) is 45.6 Å². The largest absolute Gasteiger partial charge is 0.341 e. The number of piperidine rings is 1. The van der Waals surface area contributed by atoms with Crippen LogP contribution in [0.2, 0.25) is 0 Å². The van der Waals surface area contributed by atoms with E-state index in [1.165, 1.54) is 0 Å². The topological polar surface area (TPSA) is 64.4 Å². The lowest BCUT2D eigenvalue weighted by Crippen LogP contribution is -2.50. The average Bonchev–Trinajstić information content (AvgIpc) is 2.84. The molecular formula is C14H21N3O2. The SMILES string of the molecule is C[C@H](C(=O)N1CCC(C)(C#N)CC1)N1CCCC1=O. The highest BCUT2D eigenvalue weighted by molar-refractivity contribution is 5.88. The molecule has 0 bridgehead atoms. The Kier molecular flexibility index (Phi) is 3.79. The van der Waals surface area contributed by atoms with Crippen molar-refractivity contribution >= 4 is 11.8 Å². The first-order valence-electron chi connectivity index (χ1n) is 6.96. The minimum Gasteiger partial charge on any atom is -0.341 e. The van der Waals surface area contributed by atoms with Gasteiger partial charge in [-0.05, 0) is 33.1 Å². The summed E-state index contributed by atoms with van der Waals surface area (Å²) in [5, 5.41) is 9.09. The number of likely N-dealkylation sites (tertiary alicyclic amines) is 2. The molecule has 2 saturated heterocycles. The molecule has 2 heterocycles. The number of nitriles is 1. The van der Waals surface area contributed by atoms with Gasteiger partial charge in [-0.25, -0.2) is 0 Å². The summed E-state index contributed by atoms with van der Waals surface area (Å²) in [6.45, 7) is 5.69. The minimum absolute atomic E-state index is 0.0234. The fraction of sp³-hybridized carbons (Fsp3) is 0.786. The van der Waals surface area contributed by atoms with E-state index in [0.717, 1.165) is 19.3 Å². The molecule has 104 valence electrons. The fourth-order valence-electron chi connectivity index (χ4n) is 2.81. The summed E-state index contributed by atoms with van der Waals surface area (Å²) in [4.78, 5) is 27.5. The molecule has 5 heteroatoms. The van der Waals surface area contributed by atoms with Crippen LogP contribution in [0.5, 0.6) is 0 Å². The zero-order valence-electron chi connectivity index (χ0n) is 11.7. The predicted octanol–water partition coefficient (Wildman–Crippen LogP) is 1.15. The fourth-order valence-corrected chi connectivity index (χ4v) is 2.81. The monoisotopic (exact) mass is 263 g/mol. The molecule has 0 radical (unpaired) electrons. The van der Waals surface area contributed by atoms with Crippen molar-refractivity contribution in [3.05, 3.63) is 0 Å². The van der Waals surface area contributed by atoms with Crippen LogP contribution in [0.3, 0.4) is 0 Å². The number of rotatable bonds is 2. The van der Waals surface area contributed by atoms with Gasteiger partial charge in [0.1, 0.15) is 6.04 Å². The van der Waals surface area contributed by atoms with Gasteiger partial charge in [0.15, 0.2) is 0 Å². The molecular weight excluding hydrogens is 242 g/mol. The van der Waals surface area contributed by atoms with Gasteiger partial charge in [0.2, 0.25) is 11.8 Å². The van der Waals surface area contributed by atoms with Crippen LogP contribution in [0.25, 0.3) is 0 Å². The third kappa shape index (κ3) is 2.73. The summed E-state index contributed by atoms with van der Waals surface area (Å²) >= 11 is 0. The van der Waals surface area contributed by atoms with E-state index >= 15 is 0 Å². The first-order chi connectivity index (χ1) is 8.97. The highest BCUT2D eigenvalue weighted by Crippen LogP contribution is 2.30. The van der Waals surface area contributed by atoms with Crippen LogP contribution in [0.15, 0.2) is 0 Å². The van der Waals surface area contributed by atoms with Crippen LogP contribution in [-0.2, 0) is 9.59 Å². The summed E-state index contributed by atoms with van der Waals surface area (Å²) < 4.78 is 0. The first-order valence-corrected chi connectivity index (χ1v) is 6.96. The molecule has 1 atom stereocenters. The molecule has 0 aromatic rings. The molecule has 0 aromatic carbocycles. The lowest BCUT2D eigenvalue weighted by molar-refractivity contribution is -0.144. The Bertz CT molecular complexity index is 419. The van der Waals surface area contributed by atoms with Crippen molar-refractivity contribution in [2.24, 2.45) is 5.41 Å². The Morgan fingerprint density at radius 1 is 1.37 bits per heavy atom. The Morgan fingerprint density at radius 2 is 2.00 bits per heavy atom. The van der Waals surface area contributed by atoms with Crippen LogP contribution in [0, 0.1) is 16.7 Å². The van der Waals surface area contributed by atoms with Gasteiger partial charge in [-0.3, -0.25) is 9.59 Å². The van der Waals surface area contributed by atoms with E-state index in [4.69, 9.17) is 5.26 Å². The van der Waals surface area contributed by atoms with Crippen molar-refractivity contribution in [2.75, 3.05) is 19.6 Å². The molecule has 2 rings (SSSR count). The van der Waals surface area contributed by atoms with E-state index in [1.54, 1.807) is 9.80 Å². The second kappa shape index (κ2) is 5.20. The normalized spacial score (nSPS) is 24.2. The Balaban J connectivity index is 1.94. The van der Waals surface area contributed by atoms with Gasteiger partial charge < -0.3 is 9.80 Å². The minimum atomic E-state index is -0.360. The molecule has 2 aliphatic rings. The number of hydrogen-bond acceptors (Lipinski definition) is 3. The lowest BCUT2D eigenvalue weighted by atomic mass is 9.82. The van der Waals surface area contributed by atoms with Gasteiger partial charge >= 0.3 is 0 Å². The third-order valence-electron chi connectivity index (χ3n) is 4.38. The van der Waals surface area contributed by atoms with E-state index < -0.39 is 0 Å². The number of hydrogen-bond donors (Lipinski definition) is 0. The zero-order valence-corrected chi connectivity index (χ0v) is 11.7. The number of carbonyl (C=O) groups is 2. The molecule has 0 saturated carbocycles. The maximum Gasteiger partial charge on any atom is 0.245 e. The van der Waals surface area contributed by atoms with E-state index in [9.17, 15) is 9.59 Å². The number of nitrogens with zero attached hydrogens (tertiary/aromatic N) is 3. The second-order valence-electron chi connectivity index (χ2n) is 5.86. The smallest absolute Gasteiger partial charge is 0.245 e. The average molecular weight is 263 g/mol. The van der Waals surface area contributed by atoms with E-state index in [0.29, 0.717) is 26.1 Å². The van der Waals surface area contributed by atoms with Crippen LogP contribution >= 0.6 is 0 Å². The first kappa shape index (κ1) is 13.9. The van der Waals surface area contributed by atoms with Gasteiger partial charge in [-0.1, -0.05) is 0 Å². The van der Waals surface area contributed by atoms with Crippen LogP contribution in [0.1, 0.15) is 39.5 Å². The second-order valence-corrected chi connectivity index (χ2v) is 5.86. The van der Waals surface area contributed by atoms with Crippen molar-refractivity contribution in [3.63, 3.8) is 0 Å². The Morgan fingerprint density at radius 3 is 2.47 bits per heavy atom. The summed E-state index contributed by atoms with van der Waals surface area (Å²) in [7, 11) is 0. The van der Waals surface area contributed by atoms with Crippen molar-refractivity contribution in [1.82, 2.24) is 9.80 Å². The van der Waals surface area contributed by atoms with Crippen molar-refractivity contribution in [1.29, 1.82) is 5.26 Å². The molecule has 0 unspecified atom stereocenters. The van der Waals surface area contributed by atoms with Gasteiger partial charge in [0.05, 0.1) is 11.5 Å². The summed E-state index contributed by atoms with van der Waals surface area (Å²) in [5.74, 6) is 0.106. The Labute approximate surface area is 114 Å². The lowest BCUT2D eigenvalue weighted by Gasteiger charge is -2.37. The molecule has 0 spiro atoms. The maximum atomic E-state index is 12.4. The van der Waals surface area contributed by atoms with E-state index in [-0.39, 0.29) is 23.3 Å². The van der Waals surface area contributed by atoms with Gasteiger partial charge in [0, 0.05) is 26.1 Å². The molecule has 2 fully saturated rings. The van der Waals surface area contributed by atoms with Crippen molar-refractivity contribution < 1.29 is 9.59 Å². The summed E-state index contributed by atoms with van der Waals surface area (Å²) in [6, 6.07) is 1.97. The van der Waals surface area contributed by atoms with Gasteiger partial charge in [-0.2, -0.15) is 5.26 Å². The summed E-state index contributed by atoms with van der Waals surface area (Å²) in [5.41, 5.74) is -0.302. The molecule has 2 aliphatic heterocycles.